The van der Waals surface area contributed by atoms with Gasteiger partial charge < -0.3 is 10.2 Å². The van der Waals surface area contributed by atoms with Crippen LogP contribution in [-0.4, -0.2) is 34.6 Å². The molecule has 0 aliphatic rings. The second-order valence-electron chi connectivity index (χ2n) is 8.98. The number of amides is 2. The Bertz CT molecular complexity index is 1060. The van der Waals surface area contributed by atoms with Gasteiger partial charge in [-0.15, -0.1) is 11.8 Å². The van der Waals surface area contributed by atoms with E-state index in [9.17, 15) is 9.59 Å². The molecule has 0 spiro atoms. The molecule has 3 aromatic rings. The van der Waals surface area contributed by atoms with Crippen LogP contribution in [-0.2, 0) is 22.6 Å². The molecule has 0 aromatic heterocycles. The molecule has 2 amide bonds. The minimum Gasteiger partial charge on any atom is -0.352 e. The Morgan fingerprint density at radius 3 is 2.00 bits per heavy atom. The van der Waals surface area contributed by atoms with Crippen LogP contribution in [0.3, 0.4) is 0 Å². The normalized spacial score (nSPS) is 11.8. The van der Waals surface area contributed by atoms with E-state index in [0.29, 0.717) is 13.0 Å². The quantitative estimate of drug-likeness (QED) is 0.391. The van der Waals surface area contributed by atoms with E-state index in [1.54, 1.807) is 4.90 Å². The Morgan fingerprint density at radius 2 is 1.41 bits per heavy atom. The van der Waals surface area contributed by atoms with Gasteiger partial charge in [-0.1, -0.05) is 77.9 Å². The lowest BCUT2D eigenvalue weighted by molar-refractivity contribution is -0.139. The van der Waals surface area contributed by atoms with Crippen molar-refractivity contribution < 1.29 is 9.59 Å². The zero-order chi connectivity index (χ0) is 24.5. The van der Waals surface area contributed by atoms with E-state index in [2.05, 4.69) is 5.32 Å². The molecule has 34 heavy (non-hydrogen) atoms. The first-order chi connectivity index (χ1) is 16.3. The van der Waals surface area contributed by atoms with Crippen molar-refractivity contribution in [2.75, 3.05) is 5.75 Å². The fourth-order valence-electron chi connectivity index (χ4n) is 3.69. The number of thioether (sulfide) groups is 1. The van der Waals surface area contributed by atoms with Crippen LogP contribution >= 0.6 is 11.8 Å². The van der Waals surface area contributed by atoms with Gasteiger partial charge in [0.05, 0.1) is 5.75 Å². The SMILES string of the molecule is Cc1ccc(CN(C(=O)CSc2ccc(C)cc2)[C@@H](Cc2ccccc2)C(=O)NC(C)C)cc1. The monoisotopic (exact) mass is 474 g/mol. The van der Waals surface area contributed by atoms with Crippen LogP contribution in [0.15, 0.2) is 83.8 Å². The van der Waals surface area contributed by atoms with Crippen molar-refractivity contribution in [2.24, 2.45) is 0 Å². The van der Waals surface area contributed by atoms with Gasteiger partial charge in [0.1, 0.15) is 6.04 Å². The Morgan fingerprint density at radius 1 is 0.824 bits per heavy atom. The summed E-state index contributed by atoms with van der Waals surface area (Å²) in [5.41, 5.74) is 4.38. The van der Waals surface area contributed by atoms with Crippen LogP contribution in [0, 0.1) is 13.8 Å². The van der Waals surface area contributed by atoms with Gasteiger partial charge in [-0.2, -0.15) is 0 Å². The highest BCUT2D eigenvalue weighted by Crippen LogP contribution is 2.22. The standard InChI is InChI=1S/C29H34N2O2S/c1-21(2)30-29(33)27(18-24-8-6-5-7-9-24)31(19-25-14-10-22(3)11-15-25)28(32)20-34-26-16-12-23(4)13-17-26/h5-17,21,27H,18-20H2,1-4H3,(H,30,33)/t27-/m0/s1. The highest BCUT2D eigenvalue weighted by atomic mass is 32.2. The summed E-state index contributed by atoms with van der Waals surface area (Å²) in [5, 5.41) is 3.03. The maximum absolute atomic E-state index is 13.6. The summed E-state index contributed by atoms with van der Waals surface area (Å²) in [6.45, 7) is 8.36. The van der Waals surface area contributed by atoms with E-state index >= 15 is 0 Å². The Labute approximate surface area is 207 Å². The number of nitrogens with one attached hydrogen (secondary N) is 1. The van der Waals surface area contributed by atoms with Crippen molar-refractivity contribution in [3.63, 3.8) is 0 Å². The molecule has 0 saturated carbocycles. The third-order valence-electron chi connectivity index (χ3n) is 5.56. The number of carbonyl (C=O) groups is 2. The minimum atomic E-state index is -0.600. The van der Waals surface area contributed by atoms with E-state index in [0.717, 1.165) is 21.6 Å². The number of carbonyl (C=O) groups excluding carboxylic acids is 2. The van der Waals surface area contributed by atoms with Gasteiger partial charge in [-0.05, 0) is 51.0 Å². The molecule has 0 saturated heterocycles. The fraction of sp³-hybridized carbons (Fsp3) is 0.310. The van der Waals surface area contributed by atoms with Gasteiger partial charge in [0, 0.05) is 23.9 Å². The van der Waals surface area contributed by atoms with E-state index in [4.69, 9.17) is 0 Å². The first-order valence-electron chi connectivity index (χ1n) is 11.7. The van der Waals surface area contributed by atoms with Crippen LogP contribution in [0.2, 0.25) is 0 Å². The van der Waals surface area contributed by atoms with Gasteiger partial charge in [0.2, 0.25) is 11.8 Å². The van der Waals surface area contributed by atoms with E-state index in [1.165, 1.54) is 17.3 Å². The molecule has 3 rings (SSSR count). The third-order valence-corrected chi connectivity index (χ3v) is 6.56. The van der Waals surface area contributed by atoms with Gasteiger partial charge in [0.25, 0.3) is 0 Å². The molecule has 0 fully saturated rings. The molecular formula is C29H34N2O2S. The van der Waals surface area contributed by atoms with E-state index in [1.807, 2.05) is 107 Å². The summed E-state index contributed by atoms with van der Waals surface area (Å²) in [6.07, 6.45) is 0.464. The molecule has 0 aliphatic carbocycles. The summed E-state index contributed by atoms with van der Waals surface area (Å²) in [5.74, 6) is 0.0977. The maximum Gasteiger partial charge on any atom is 0.243 e. The molecule has 0 bridgehead atoms. The number of rotatable bonds is 10. The van der Waals surface area contributed by atoms with Crippen molar-refractivity contribution >= 4 is 23.6 Å². The van der Waals surface area contributed by atoms with Crippen molar-refractivity contribution in [1.29, 1.82) is 0 Å². The van der Waals surface area contributed by atoms with Gasteiger partial charge in [0.15, 0.2) is 0 Å². The smallest absolute Gasteiger partial charge is 0.243 e. The van der Waals surface area contributed by atoms with Crippen molar-refractivity contribution in [2.45, 2.75) is 57.6 Å². The van der Waals surface area contributed by atoms with Gasteiger partial charge in [-0.25, -0.2) is 0 Å². The zero-order valence-corrected chi connectivity index (χ0v) is 21.3. The molecule has 1 atom stereocenters. The molecule has 0 aliphatic heterocycles. The Balaban J connectivity index is 1.89. The first-order valence-corrected chi connectivity index (χ1v) is 12.7. The largest absolute Gasteiger partial charge is 0.352 e. The van der Waals surface area contributed by atoms with Crippen molar-refractivity contribution in [1.82, 2.24) is 10.2 Å². The van der Waals surface area contributed by atoms with Crippen LogP contribution < -0.4 is 5.32 Å². The first kappa shape index (κ1) is 25.6. The Hall–Kier alpha value is -3.05. The molecule has 178 valence electrons. The van der Waals surface area contributed by atoms with Crippen LogP contribution in [0.1, 0.15) is 36.1 Å². The molecule has 3 aromatic carbocycles. The highest BCUT2D eigenvalue weighted by molar-refractivity contribution is 8.00. The lowest BCUT2D eigenvalue weighted by atomic mass is 10.0. The molecule has 0 radical (unpaired) electrons. The van der Waals surface area contributed by atoms with Crippen molar-refractivity contribution in [3.8, 4) is 0 Å². The summed E-state index contributed by atoms with van der Waals surface area (Å²) in [4.78, 5) is 29.7. The average Bonchev–Trinajstić information content (AvgIpc) is 2.82. The number of benzene rings is 3. The summed E-state index contributed by atoms with van der Waals surface area (Å²) in [6, 6.07) is 25.6. The van der Waals surface area contributed by atoms with E-state index in [-0.39, 0.29) is 23.6 Å². The lowest BCUT2D eigenvalue weighted by Gasteiger charge is -2.32. The number of hydrogen-bond acceptors (Lipinski definition) is 3. The molecule has 1 N–H and O–H groups in total. The van der Waals surface area contributed by atoms with Gasteiger partial charge >= 0.3 is 0 Å². The highest BCUT2D eigenvalue weighted by Gasteiger charge is 2.30. The lowest BCUT2D eigenvalue weighted by Crippen LogP contribution is -2.52. The molecular weight excluding hydrogens is 440 g/mol. The third kappa shape index (κ3) is 7.77. The fourth-order valence-corrected chi connectivity index (χ4v) is 4.47. The summed E-state index contributed by atoms with van der Waals surface area (Å²) < 4.78 is 0. The van der Waals surface area contributed by atoms with E-state index < -0.39 is 6.04 Å². The van der Waals surface area contributed by atoms with Crippen LogP contribution in [0.5, 0.6) is 0 Å². The molecule has 0 unspecified atom stereocenters. The second-order valence-corrected chi connectivity index (χ2v) is 10.0. The minimum absolute atomic E-state index is 0.0102. The predicted octanol–water partition coefficient (Wildman–Crippen LogP) is 5.56. The predicted molar refractivity (Wildman–Crippen MR) is 141 cm³/mol. The van der Waals surface area contributed by atoms with Crippen molar-refractivity contribution in [3.05, 3.63) is 101 Å². The van der Waals surface area contributed by atoms with Gasteiger partial charge in [-0.3, -0.25) is 9.59 Å². The van der Waals surface area contributed by atoms with Crippen LogP contribution in [0.25, 0.3) is 0 Å². The number of aryl methyl sites for hydroxylation is 2. The number of nitrogens with zero attached hydrogens (tertiary/aromatic N) is 1. The topological polar surface area (TPSA) is 49.4 Å². The summed E-state index contributed by atoms with van der Waals surface area (Å²) >= 11 is 1.50. The molecule has 5 heteroatoms. The van der Waals surface area contributed by atoms with Crippen LogP contribution in [0.4, 0.5) is 0 Å². The maximum atomic E-state index is 13.6. The summed E-state index contributed by atoms with van der Waals surface area (Å²) in [7, 11) is 0. The molecule has 4 nitrogen and oxygen atoms in total. The average molecular weight is 475 g/mol. The second kappa shape index (κ2) is 12.4. The Kier molecular flexibility index (Phi) is 9.34. The number of hydrogen-bond donors (Lipinski definition) is 1. The zero-order valence-electron chi connectivity index (χ0n) is 20.5. The molecule has 0 heterocycles.